The van der Waals surface area contributed by atoms with Crippen molar-refractivity contribution in [2.75, 3.05) is 26.2 Å². The zero-order valence-electron chi connectivity index (χ0n) is 11.7. The number of rotatable bonds is 3. The summed E-state index contributed by atoms with van der Waals surface area (Å²) in [6.07, 6.45) is 0. The molecule has 1 fully saturated rings. The highest BCUT2D eigenvalue weighted by molar-refractivity contribution is 7.12. The van der Waals surface area contributed by atoms with Gasteiger partial charge in [0.1, 0.15) is 0 Å². The number of hydrogen-bond acceptors (Lipinski definition) is 5. The summed E-state index contributed by atoms with van der Waals surface area (Å²) in [6, 6.07) is 3.73. The topological polar surface area (TPSA) is 82.2 Å². The third-order valence-corrected chi connectivity index (χ3v) is 4.68. The van der Waals surface area contributed by atoms with E-state index in [0.29, 0.717) is 26.2 Å². The summed E-state index contributed by atoms with van der Waals surface area (Å²) in [4.78, 5) is 17.0. The minimum atomic E-state index is -0.507. The van der Waals surface area contributed by atoms with Crippen LogP contribution in [-0.2, 0) is 0 Å². The number of piperazine rings is 1. The molecule has 0 aromatic carbocycles. The van der Waals surface area contributed by atoms with Gasteiger partial charge in [0.2, 0.25) is 0 Å². The minimum Gasteiger partial charge on any atom is -0.409 e. The zero-order valence-corrected chi connectivity index (χ0v) is 12.6. The number of thiophene rings is 1. The molecule has 1 amide bonds. The first-order chi connectivity index (χ1) is 9.46. The maximum absolute atomic E-state index is 12.2. The molecule has 0 unspecified atom stereocenters. The summed E-state index contributed by atoms with van der Waals surface area (Å²) in [5.74, 6) is 0.275. The highest BCUT2D eigenvalue weighted by atomic mass is 32.1. The van der Waals surface area contributed by atoms with E-state index in [1.54, 1.807) is 0 Å². The first-order valence-electron chi connectivity index (χ1n) is 6.52. The Balaban J connectivity index is 1.98. The van der Waals surface area contributed by atoms with Gasteiger partial charge in [-0.05, 0) is 25.3 Å². The van der Waals surface area contributed by atoms with Crippen LogP contribution in [0.15, 0.2) is 22.7 Å². The average Bonchev–Trinajstić information content (AvgIpc) is 2.99. The third kappa shape index (κ3) is 2.78. The van der Waals surface area contributed by atoms with Crippen LogP contribution in [0.3, 0.4) is 0 Å². The van der Waals surface area contributed by atoms with Gasteiger partial charge in [-0.3, -0.25) is 9.69 Å². The fraction of sp³-hybridized carbons (Fsp3) is 0.538. The maximum atomic E-state index is 12.2. The van der Waals surface area contributed by atoms with Gasteiger partial charge in [0, 0.05) is 26.2 Å². The molecule has 0 radical (unpaired) electrons. The number of amides is 1. The van der Waals surface area contributed by atoms with Crippen LogP contribution in [0.5, 0.6) is 0 Å². The second-order valence-corrected chi connectivity index (χ2v) is 6.25. The lowest BCUT2D eigenvalue weighted by atomic mass is 10.0. The van der Waals surface area contributed by atoms with E-state index in [4.69, 9.17) is 10.9 Å². The predicted molar refractivity (Wildman–Crippen MR) is 79.3 cm³/mol. The summed E-state index contributed by atoms with van der Waals surface area (Å²) in [7, 11) is 0. The molecule has 1 aliphatic rings. The molecule has 20 heavy (non-hydrogen) atoms. The molecule has 2 rings (SSSR count). The Labute approximate surface area is 122 Å². The Morgan fingerprint density at radius 1 is 1.40 bits per heavy atom. The molecule has 3 N–H and O–H groups in total. The van der Waals surface area contributed by atoms with Crippen molar-refractivity contribution in [1.82, 2.24) is 9.80 Å². The lowest BCUT2D eigenvalue weighted by Gasteiger charge is -2.43. The van der Waals surface area contributed by atoms with Crippen LogP contribution >= 0.6 is 11.3 Å². The molecular weight excluding hydrogens is 276 g/mol. The van der Waals surface area contributed by atoms with E-state index in [2.05, 4.69) is 10.1 Å². The fourth-order valence-corrected chi connectivity index (χ4v) is 3.00. The first-order valence-corrected chi connectivity index (χ1v) is 7.40. The van der Waals surface area contributed by atoms with Crippen molar-refractivity contribution in [3.05, 3.63) is 22.4 Å². The number of oxime groups is 1. The standard InChI is InChI=1S/C13H20N4O2S/c1-13(2,12(14)15-19)17-7-5-16(6-8-17)11(18)10-4-3-9-20-10/h3-4,9,19H,5-8H2,1-2H3,(H2,14,15). The van der Waals surface area contributed by atoms with Crippen molar-refractivity contribution in [3.8, 4) is 0 Å². The molecule has 0 saturated carbocycles. The molecule has 7 heteroatoms. The van der Waals surface area contributed by atoms with Crippen molar-refractivity contribution >= 4 is 23.1 Å². The molecule has 0 spiro atoms. The summed E-state index contributed by atoms with van der Waals surface area (Å²) in [5.41, 5.74) is 5.23. The maximum Gasteiger partial charge on any atom is 0.264 e. The van der Waals surface area contributed by atoms with E-state index in [0.717, 1.165) is 4.88 Å². The van der Waals surface area contributed by atoms with Crippen LogP contribution < -0.4 is 5.73 Å². The molecule has 1 saturated heterocycles. The van der Waals surface area contributed by atoms with Gasteiger partial charge in [-0.2, -0.15) is 0 Å². The molecule has 0 aliphatic carbocycles. The number of amidine groups is 1. The molecule has 0 atom stereocenters. The zero-order chi connectivity index (χ0) is 14.8. The van der Waals surface area contributed by atoms with Gasteiger partial charge in [-0.15, -0.1) is 11.3 Å². The lowest BCUT2D eigenvalue weighted by Crippen LogP contribution is -2.60. The summed E-state index contributed by atoms with van der Waals surface area (Å²) < 4.78 is 0. The quantitative estimate of drug-likeness (QED) is 0.378. The van der Waals surface area contributed by atoms with Gasteiger partial charge in [-0.1, -0.05) is 11.2 Å². The summed E-state index contributed by atoms with van der Waals surface area (Å²) in [5, 5.41) is 13.9. The molecule has 1 aromatic rings. The Morgan fingerprint density at radius 3 is 2.55 bits per heavy atom. The lowest BCUT2D eigenvalue weighted by molar-refractivity contribution is 0.0536. The van der Waals surface area contributed by atoms with Crippen molar-refractivity contribution in [2.45, 2.75) is 19.4 Å². The van der Waals surface area contributed by atoms with Crippen LogP contribution in [0.25, 0.3) is 0 Å². The number of carbonyl (C=O) groups is 1. The van der Waals surface area contributed by atoms with E-state index in [1.165, 1.54) is 11.3 Å². The predicted octanol–water partition coefficient (Wildman–Crippen LogP) is 1.03. The minimum absolute atomic E-state index is 0.0845. The Morgan fingerprint density at radius 2 is 2.05 bits per heavy atom. The molecule has 110 valence electrons. The SMILES string of the molecule is CC(C)(C(N)=NO)N1CCN(C(=O)c2cccs2)CC1. The van der Waals surface area contributed by atoms with Gasteiger partial charge in [0.25, 0.3) is 5.91 Å². The van der Waals surface area contributed by atoms with Crippen molar-refractivity contribution < 1.29 is 10.0 Å². The van der Waals surface area contributed by atoms with E-state index in [1.807, 2.05) is 36.3 Å². The van der Waals surface area contributed by atoms with E-state index in [-0.39, 0.29) is 11.7 Å². The Kier molecular flexibility index (Phi) is 4.29. The molecule has 2 heterocycles. The van der Waals surface area contributed by atoms with Gasteiger partial charge in [-0.25, -0.2) is 0 Å². The van der Waals surface area contributed by atoms with Crippen LogP contribution in [0.4, 0.5) is 0 Å². The van der Waals surface area contributed by atoms with Crippen LogP contribution in [0, 0.1) is 0 Å². The van der Waals surface area contributed by atoms with Crippen LogP contribution in [-0.4, -0.2) is 58.5 Å². The normalized spacial score (nSPS) is 18.3. The second kappa shape index (κ2) is 5.80. The van der Waals surface area contributed by atoms with Crippen LogP contribution in [0.1, 0.15) is 23.5 Å². The second-order valence-electron chi connectivity index (χ2n) is 5.30. The van der Waals surface area contributed by atoms with Gasteiger partial charge >= 0.3 is 0 Å². The van der Waals surface area contributed by atoms with Gasteiger partial charge < -0.3 is 15.8 Å². The Bertz CT molecular complexity index is 490. The number of carbonyl (C=O) groups excluding carboxylic acids is 1. The van der Waals surface area contributed by atoms with Crippen molar-refractivity contribution in [1.29, 1.82) is 0 Å². The van der Waals surface area contributed by atoms with Crippen LogP contribution in [0.2, 0.25) is 0 Å². The average molecular weight is 296 g/mol. The number of nitrogens with zero attached hydrogens (tertiary/aromatic N) is 3. The highest BCUT2D eigenvalue weighted by Crippen LogP contribution is 2.19. The van der Waals surface area contributed by atoms with Gasteiger partial charge in [0.05, 0.1) is 10.4 Å². The van der Waals surface area contributed by atoms with E-state index >= 15 is 0 Å². The summed E-state index contributed by atoms with van der Waals surface area (Å²) >= 11 is 1.46. The summed E-state index contributed by atoms with van der Waals surface area (Å²) in [6.45, 7) is 6.55. The molecule has 0 bridgehead atoms. The van der Waals surface area contributed by atoms with Gasteiger partial charge in [0.15, 0.2) is 5.84 Å². The number of hydrogen-bond donors (Lipinski definition) is 2. The molecule has 6 nitrogen and oxygen atoms in total. The molecule has 1 aliphatic heterocycles. The highest BCUT2D eigenvalue weighted by Gasteiger charge is 2.34. The monoisotopic (exact) mass is 296 g/mol. The smallest absolute Gasteiger partial charge is 0.264 e. The molecular formula is C13H20N4O2S. The third-order valence-electron chi connectivity index (χ3n) is 3.82. The van der Waals surface area contributed by atoms with E-state index < -0.39 is 5.54 Å². The number of nitrogens with two attached hydrogens (primary N) is 1. The fourth-order valence-electron chi connectivity index (χ4n) is 2.31. The van der Waals surface area contributed by atoms with E-state index in [9.17, 15) is 4.79 Å². The molecule has 1 aromatic heterocycles. The van der Waals surface area contributed by atoms with Crippen molar-refractivity contribution in [3.63, 3.8) is 0 Å². The van der Waals surface area contributed by atoms with Crippen molar-refractivity contribution in [2.24, 2.45) is 10.9 Å². The first kappa shape index (κ1) is 14.8. The Hall–Kier alpha value is -1.60. The largest absolute Gasteiger partial charge is 0.409 e.